The Bertz CT molecular complexity index is 541. The summed E-state index contributed by atoms with van der Waals surface area (Å²) in [6.07, 6.45) is 1.01. The van der Waals surface area contributed by atoms with Crippen LogP contribution < -0.4 is 14.8 Å². The van der Waals surface area contributed by atoms with Gasteiger partial charge in [-0.3, -0.25) is 4.79 Å². The van der Waals surface area contributed by atoms with E-state index in [4.69, 9.17) is 9.47 Å². The molecule has 21 heavy (non-hydrogen) atoms. The third-order valence-electron chi connectivity index (χ3n) is 4.34. The summed E-state index contributed by atoms with van der Waals surface area (Å²) in [5.74, 6) is 2.79. The van der Waals surface area contributed by atoms with Gasteiger partial charge in [-0.2, -0.15) is 0 Å². The Morgan fingerprint density at radius 1 is 1.24 bits per heavy atom. The number of carbonyl (C=O) groups excluding carboxylic acids is 1. The molecule has 1 aromatic carbocycles. The molecule has 0 spiro atoms. The molecule has 114 valence electrons. The summed E-state index contributed by atoms with van der Waals surface area (Å²) in [6, 6.07) is 5.97. The second-order valence-corrected chi connectivity index (χ2v) is 6.45. The fourth-order valence-electron chi connectivity index (χ4n) is 2.84. The first-order chi connectivity index (χ1) is 10.1. The number of carbonyl (C=O) groups is 1. The normalized spacial score (nSPS) is 24.6. The standard InChI is InChI=1S/C17H23NO3/c1-10(2)16(18-17(19)13-8-11(13)3)12-4-5-14-15(9-12)21-7-6-20-14/h4-5,9-11,13,16H,6-8H2,1-3H3,(H,18,19). The van der Waals surface area contributed by atoms with Gasteiger partial charge in [0.05, 0.1) is 6.04 Å². The van der Waals surface area contributed by atoms with Crippen LogP contribution in [-0.2, 0) is 4.79 Å². The summed E-state index contributed by atoms with van der Waals surface area (Å²) in [5, 5.41) is 3.20. The molecule has 1 heterocycles. The minimum atomic E-state index is 0.0149. The van der Waals surface area contributed by atoms with E-state index in [1.807, 2.05) is 18.2 Å². The van der Waals surface area contributed by atoms with Gasteiger partial charge in [-0.05, 0) is 36.0 Å². The largest absolute Gasteiger partial charge is 0.486 e. The van der Waals surface area contributed by atoms with Gasteiger partial charge >= 0.3 is 0 Å². The summed E-state index contributed by atoms with van der Waals surface area (Å²) >= 11 is 0. The highest BCUT2D eigenvalue weighted by molar-refractivity contribution is 5.81. The van der Waals surface area contributed by atoms with E-state index < -0.39 is 0 Å². The van der Waals surface area contributed by atoms with Crippen molar-refractivity contribution in [3.63, 3.8) is 0 Å². The molecule has 3 rings (SSSR count). The SMILES string of the molecule is CC(C)C(NC(=O)C1CC1C)c1ccc2c(c1)OCCO2. The van der Waals surface area contributed by atoms with Crippen LogP contribution in [0.3, 0.4) is 0 Å². The van der Waals surface area contributed by atoms with Crippen LogP contribution in [0.1, 0.15) is 38.8 Å². The minimum absolute atomic E-state index is 0.0149. The van der Waals surface area contributed by atoms with Crippen molar-refractivity contribution in [3.8, 4) is 11.5 Å². The molecule has 0 bridgehead atoms. The summed E-state index contributed by atoms with van der Waals surface area (Å²) in [5.41, 5.74) is 1.08. The third kappa shape index (κ3) is 2.99. The van der Waals surface area contributed by atoms with E-state index in [2.05, 4.69) is 26.1 Å². The number of fused-ring (bicyclic) bond motifs is 1. The molecule has 1 N–H and O–H groups in total. The van der Waals surface area contributed by atoms with Crippen LogP contribution in [0.4, 0.5) is 0 Å². The zero-order valence-corrected chi connectivity index (χ0v) is 12.9. The Labute approximate surface area is 125 Å². The number of benzene rings is 1. The summed E-state index contributed by atoms with van der Waals surface area (Å²) in [6.45, 7) is 7.54. The van der Waals surface area contributed by atoms with E-state index in [-0.39, 0.29) is 17.9 Å². The predicted molar refractivity (Wildman–Crippen MR) is 80.4 cm³/mol. The lowest BCUT2D eigenvalue weighted by Crippen LogP contribution is -2.33. The van der Waals surface area contributed by atoms with Gasteiger partial charge in [0.2, 0.25) is 5.91 Å². The van der Waals surface area contributed by atoms with Crippen molar-refractivity contribution in [2.24, 2.45) is 17.8 Å². The van der Waals surface area contributed by atoms with Crippen molar-refractivity contribution in [3.05, 3.63) is 23.8 Å². The van der Waals surface area contributed by atoms with E-state index in [1.165, 1.54) is 0 Å². The molecule has 2 aliphatic rings. The molecule has 4 nitrogen and oxygen atoms in total. The van der Waals surface area contributed by atoms with Crippen LogP contribution >= 0.6 is 0 Å². The highest BCUT2D eigenvalue weighted by Crippen LogP contribution is 2.39. The van der Waals surface area contributed by atoms with Crippen LogP contribution in [0.5, 0.6) is 11.5 Å². The Morgan fingerprint density at radius 2 is 1.90 bits per heavy atom. The molecule has 1 amide bonds. The molecule has 0 saturated heterocycles. The zero-order valence-electron chi connectivity index (χ0n) is 12.9. The van der Waals surface area contributed by atoms with Gasteiger partial charge in [0.1, 0.15) is 13.2 Å². The van der Waals surface area contributed by atoms with Gasteiger partial charge < -0.3 is 14.8 Å². The average Bonchev–Trinajstić information content (AvgIpc) is 3.21. The number of ether oxygens (including phenoxy) is 2. The molecule has 0 aromatic heterocycles. The highest BCUT2D eigenvalue weighted by Gasteiger charge is 2.40. The average molecular weight is 289 g/mol. The van der Waals surface area contributed by atoms with Crippen LogP contribution in [-0.4, -0.2) is 19.1 Å². The van der Waals surface area contributed by atoms with E-state index in [0.717, 1.165) is 23.5 Å². The van der Waals surface area contributed by atoms with Gasteiger partial charge in [0, 0.05) is 5.92 Å². The second kappa shape index (κ2) is 5.58. The van der Waals surface area contributed by atoms with Crippen molar-refractivity contribution < 1.29 is 14.3 Å². The van der Waals surface area contributed by atoms with Crippen LogP contribution in [0.15, 0.2) is 18.2 Å². The second-order valence-electron chi connectivity index (χ2n) is 6.45. The first-order valence-corrected chi connectivity index (χ1v) is 7.76. The Kier molecular flexibility index (Phi) is 3.79. The number of amides is 1. The molecule has 1 aromatic rings. The summed E-state index contributed by atoms with van der Waals surface area (Å²) in [4.78, 5) is 12.2. The monoisotopic (exact) mass is 289 g/mol. The zero-order chi connectivity index (χ0) is 15.0. The maximum atomic E-state index is 12.2. The van der Waals surface area contributed by atoms with Gasteiger partial charge in [0.25, 0.3) is 0 Å². The maximum Gasteiger partial charge on any atom is 0.223 e. The van der Waals surface area contributed by atoms with Crippen molar-refractivity contribution in [2.75, 3.05) is 13.2 Å². The molecule has 1 fully saturated rings. The molecule has 3 atom stereocenters. The third-order valence-corrected chi connectivity index (χ3v) is 4.34. The van der Waals surface area contributed by atoms with Crippen molar-refractivity contribution in [1.82, 2.24) is 5.32 Å². The van der Waals surface area contributed by atoms with Crippen LogP contribution in [0.2, 0.25) is 0 Å². The fraction of sp³-hybridized carbons (Fsp3) is 0.588. The first kappa shape index (κ1) is 14.2. The van der Waals surface area contributed by atoms with Crippen LogP contribution in [0, 0.1) is 17.8 Å². The minimum Gasteiger partial charge on any atom is -0.486 e. The van der Waals surface area contributed by atoms with E-state index in [1.54, 1.807) is 0 Å². The first-order valence-electron chi connectivity index (χ1n) is 7.76. The molecule has 1 saturated carbocycles. The molecule has 3 unspecified atom stereocenters. The van der Waals surface area contributed by atoms with Crippen LogP contribution in [0.25, 0.3) is 0 Å². The molecule has 1 aliphatic heterocycles. The van der Waals surface area contributed by atoms with Gasteiger partial charge in [-0.15, -0.1) is 0 Å². The Morgan fingerprint density at radius 3 is 2.52 bits per heavy atom. The van der Waals surface area contributed by atoms with E-state index >= 15 is 0 Å². The quantitative estimate of drug-likeness (QED) is 0.927. The lowest BCUT2D eigenvalue weighted by atomic mass is 9.95. The molecule has 1 aliphatic carbocycles. The number of hydrogen-bond donors (Lipinski definition) is 1. The summed E-state index contributed by atoms with van der Waals surface area (Å²) < 4.78 is 11.2. The molecular weight excluding hydrogens is 266 g/mol. The smallest absolute Gasteiger partial charge is 0.223 e. The molecule has 0 radical (unpaired) electrons. The van der Waals surface area contributed by atoms with E-state index in [0.29, 0.717) is 25.0 Å². The van der Waals surface area contributed by atoms with Crippen molar-refractivity contribution >= 4 is 5.91 Å². The Hall–Kier alpha value is -1.71. The lowest BCUT2D eigenvalue weighted by Gasteiger charge is -2.25. The predicted octanol–water partition coefficient (Wildman–Crippen LogP) is 2.93. The van der Waals surface area contributed by atoms with Gasteiger partial charge in [-0.1, -0.05) is 26.8 Å². The fourth-order valence-corrected chi connectivity index (χ4v) is 2.84. The van der Waals surface area contributed by atoms with E-state index in [9.17, 15) is 4.79 Å². The Balaban J connectivity index is 1.78. The molecule has 4 heteroatoms. The maximum absolute atomic E-state index is 12.2. The number of hydrogen-bond acceptors (Lipinski definition) is 3. The van der Waals surface area contributed by atoms with Crippen molar-refractivity contribution in [1.29, 1.82) is 0 Å². The highest BCUT2D eigenvalue weighted by atomic mass is 16.6. The number of rotatable bonds is 4. The van der Waals surface area contributed by atoms with Gasteiger partial charge in [0.15, 0.2) is 11.5 Å². The van der Waals surface area contributed by atoms with Gasteiger partial charge in [-0.25, -0.2) is 0 Å². The number of nitrogens with one attached hydrogen (secondary N) is 1. The topological polar surface area (TPSA) is 47.6 Å². The lowest BCUT2D eigenvalue weighted by molar-refractivity contribution is -0.123. The molecular formula is C17H23NO3. The summed E-state index contributed by atoms with van der Waals surface area (Å²) in [7, 11) is 0. The van der Waals surface area contributed by atoms with Crippen molar-refractivity contribution in [2.45, 2.75) is 33.2 Å².